The van der Waals surface area contributed by atoms with Crippen molar-refractivity contribution >= 4 is 24.4 Å². The summed E-state index contributed by atoms with van der Waals surface area (Å²) in [5.74, 6) is -4.20. The molecule has 34 atom stereocenters. The normalized spacial score (nSPS) is 53.0. The number of carboxylic acids is 1. The van der Waals surface area contributed by atoms with Crippen LogP contribution in [0.1, 0.15) is 120 Å². The van der Waals surface area contributed by atoms with E-state index in [2.05, 4.69) is 33.8 Å². The van der Waals surface area contributed by atoms with Crippen LogP contribution in [0.25, 0.3) is 0 Å². The summed E-state index contributed by atoms with van der Waals surface area (Å²) in [5.41, 5.74) is -4.51. The van der Waals surface area contributed by atoms with E-state index in [0.29, 0.717) is 51.4 Å². The number of allylic oxidation sites excluding steroid dienone is 2. The molecule has 5 saturated heterocycles. The van der Waals surface area contributed by atoms with Crippen LogP contribution in [0, 0.1) is 50.2 Å². The number of hydrogen-bond acceptors (Lipinski definition) is 29. The Kier molecular flexibility index (Phi) is 20.1. The Morgan fingerprint density at radius 1 is 0.582 bits per heavy atom. The van der Waals surface area contributed by atoms with Crippen molar-refractivity contribution in [1.82, 2.24) is 0 Å². The summed E-state index contributed by atoms with van der Waals surface area (Å²) in [4.78, 5) is 53.8. The average Bonchev–Trinajstić information content (AvgIpc) is 0.673. The Morgan fingerprint density at radius 2 is 1.18 bits per heavy atom. The van der Waals surface area contributed by atoms with E-state index in [1.807, 2.05) is 6.92 Å². The molecule has 0 aromatic rings. The van der Waals surface area contributed by atoms with E-state index in [0.717, 1.165) is 12.5 Å². The van der Waals surface area contributed by atoms with E-state index in [9.17, 15) is 85.9 Å². The molecule has 9 fully saturated rings. The fraction of sp³-hybridized carbons (Fsp3) is 0.902. The van der Waals surface area contributed by atoms with Gasteiger partial charge in [-0.2, -0.15) is 0 Å². The summed E-state index contributed by atoms with van der Waals surface area (Å²) >= 11 is 0. The van der Waals surface area contributed by atoms with Crippen LogP contribution < -0.4 is 0 Å². The summed E-state index contributed by atoms with van der Waals surface area (Å²) in [7, 11) is 0. The molecule has 0 bridgehead atoms. The molecule has 5 aliphatic heterocycles. The Bertz CT molecular complexity index is 2670. The third kappa shape index (κ3) is 11.9. The lowest BCUT2D eigenvalue weighted by Crippen LogP contribution is -2.70. The van der Waals surface area contributed by atoms with Gasteiger partial charge in [0.05, 0.1) is 42.4 Å². The minimum Gasteiger partial charge on any atom is -0.481 e. The highest BCUT2D eigenvalue weighted by molar-refractivity contribution is 5.79. The number of carbonyl (C=O) groups excluding carboxylic acids is 3. The third-order valence-electron chi connectivity index (χ3n) is 23.3. The van der Waals surface area contributed by atoms with Crippen LogP contribution in [-0.4, -0.2) is 269 Å². The summed E-state index contributed by atoms with van der Waals surface area (Å²) in [5, 5.41) is 154. The van der Waals surface area contributed by atoms with Crippen LogP contribution in [0.4, 0.5) is 0 Å². The van der Waals surface area contributed by atoms with Crippen LogP contribution in [0.3, 0.4) is 0 Å². The number of aliphatic hydroxyl groups excluding tert-OH is 13. The molecule has 5 heterocycles. The molecule has 5 aliphatic carbocycles. The Labute approximate surface area is 525 Å². The van der Waals surface area contributed by atoms with Crippen molar-refractivity contribution in [2.75, 3.05) is 13.2 Å². The first-order valence-corrected chi connectivity index (χ1v) is 31.6. The number of aliphatic hydroxyl groups is 13. The number of aliphatic carboxylic acids is 1. The zero-order valence-corrected chi connectivity index (χ0v) is 52.5. The maximum atomic E-state index is 15.6. The summed E-state index contributed by atoms with van der Waals surface area (Å²) in [6.07, 6.45) is -38.7. The van der Waals surface area contributed by atoms with E-state index in [-0.39, 0.29) is 24.2 Å². The SMILES string of the molecule is CC(=O)O[C@H]1C(C)O[C@@H](OC(=O)[C@]23CCC(C)(C)C[C@H]2C2=CCC4[C@@]5(C)C[C@H](O)[C@H](O[C@@H]6OC(OC=O)[C@@H](O)[C@H](O[C@@H]7OC[C@@H](O)[C@H](O)C7O)C6O)[C@@](C)(C(=O)O)[C@@H]5CC[C@@]4(C)[C@]2(C)CC3)[C@H](O[C@@H]2OC(C)[C@H](O[C@@H]3OC(CO)[C@@H](O)[C@H](O)C3O)[C@H](O)C2O)C1O. The molecule has 0 radical (unpaired) electrons. The van der Waals surface area contributed by atoms with Crippen molar-refractivity contribution in [1.29, 1.82) is 0 Å². The smallest absolute Gasteiger partial charge is 0.315 e. The number of fused-ring (bicyclic) bond motifs is 7. The van der Waals surface area contributed by atoms with Crippen LogP contribution in [0.15, 0.2) is 11.6 Å². The van der Waals surface area contributed by atoms with Gasteiger partial charge in [0.15, 0.2) is 37.4 Å². The van der Waals surface area contributed by atoms with Crippen LogP contribution in [0.5, 0.6) is 0 Å². The van der Waals surface area contributed by atoms with E-state index in [1.54, 1.807) is 0 Å². The number of carboxylic acid groups (broad SMARTS) is 1. The first-order chi connectivity index (χ1) is 42.5. The number of carbonyl (C=O) groups is 4. The van der Waals surface area contributed by atoms with Gasteiger partial charge in [-0.05, 0) is 118 Å². The summed E-state index contributed by atoms with van der Waals surface area (Å²) in [6, 6.07) is 0. The predicted octanol–water partition coefficient (Wildman–Crippen LogP) is -2.77. The van der Waals surface area contributed by atoms with Crippen molar-refractivity contribution in [2.24, 2.45) is 50.2 Å². The number of ether oxygens (including phenoxy) is 12. The summed E-state index contributed by atoms with van der Waals surface area (Å²) in [6.45, 7) is 14.8. The van der Waals surface area contributed by atoms with Gasteiger partial charge in [0.25, 0.3) is 6.47 Å². The Balaban J connectivity index is 0.900. The molecule has 10 rings (SSSR count). The lowest BCUT2D eigenvalue weighted by Gasteiger charge is -2.71. The second kappa shape index (κ2) is 26.0. The van der Waals surface area contributed by atoms with Gasteiger partial charge in [0.1, 0.15) is 91.6 Å². The average molecular weight is 1310 g/mol. The third-order valence-corrected chi connectivity index (χ3v) is 23.3. The van der Waals surface area contributed by atoms with Crippen LogP contribution >= 0.6 is 0 Å². The van der Waals surface area contributed by atoms with Crippen LogP contribution in [0.2, 0.25) is 0 Å². The zero-order valence-electron chi connectivity index (χ0n) is 52.5. The van der Waals surface area contributed by atoms with Gasteiger partial charge in [-0.25, -0.2) is 0 Å². The van der Waals surface area contributed by atoms with E-state index in [4.69, 9.17) is 56.8 Å². The van der Waals surface area contributed by atoms with Gasteiger partial charge >= 0.3 is 17.9 Å². The molecular formula is C61H94O30. The van der Waals surface area contributed by atoms with Crippen LogP contribution in [-0.2, 0) is 76.0 Å². The highest BCUT2D eigenvalue weighted by Crippen LogP contribution is 2.76. The zero-order chi connectivity index (χ0) is 66.7. The van der Waals surface area contributed by atoms with Crippen molar-refractivity contribution in [3.63, 3.8) is 0 Å². The second-order valence-corrected chi connectivity index (χ2v) is 29.0. The minimum absolute atomic E-state index is 0.00388. The van der Waals surface area contributed by atoms with Gasteiger partial charge in [0, 0.05) is 6.92 Å². The van der Waals surface area contributed by atoms with Gasteiger partial charge < -0.3 is 128 Å². The van der Waals surface area contributed by atoms with E-state index in [1.165, 1.54) is 20.8 Å². The predicted molar refractivity (Wildman–Crippen MR) is 300 cm³/mol. The molecule has 91 heavy (non-hydrogen) atoms. The highest BCUT2D eigenvalue weighted by atomic mass is 16.8. The number of rotatable bonds is 15. The molecule has 518 valence electrons. The maximum Gasteiger partial charge on any atom is 0.315 e. The molecule has 0 aromatic carbocycles. The van der Waals surface area contributed by atoms with Crippen molar-refractivity contribution in [3.05, 3.63) is 11.6 Å². The molecule has 4 saturated carbocycles. The quantitative estimate of drug-likeness (QED) is 0.0259. The Hall–Kier alpha value is -3.26. The van der Waals surface area contributed by atoms with Crippen molar-refractivity contribution in [2.45, 2.75) is 280 Å². The lowest BCUT2D eigenvalue weighted by atomic mass is 9.33. The number of hydrogen-bond donors (Lipinski definition) is 14. The lowest BCUT2D eigenvalue weighted by molar-refractivity contribution is -0.387. The Morgan fingerprint density at radius 3 is 1.84 bits per heavy atom. The van der Waals surface area contributed by atoms with E-state index >= 15 is 4.79 Å². The fourth-order valence-corrected chi connectivity index (χ4v) is 18.0. The molecule has 30 heteroatoms. The highest BCUT2D eigenvalue weighted by Gasteiger charge is 2.73. The maximum absolute atomic E-state index is 15.6. The first kappa shape index (κ1) is 70.5. The molecular weight excluding hydrogens is 1210 g/mol. The molecule has 0 amide bonds. The molecule has 10 aliphatic rings. The molecule has 0 spiro atoms. The molecule has 14 N–H and O–H groups in total. The standard InChI is InChI=1S/C61H94O30/c1-23-43(86-51-38(72)35(69)34(68)30(20-62)85-51)36(70)39(73)50(82-23)88-46-40(74)44(84-25(3)64)24(2)83-53(46)91-55(79)61-16-14-56(4,5)18-27(61)26-10-11-31-57(6)19-28(65)47(60(9,54(77)78)32(57)12-13-59(31,8)58(26,7)15-17-61)89-52-42(76)45(41(75)49(90-52)81-22-63)87-48-37(71)33(67)29(66)21-80-48/h10,22-24,27-53,62,65-76H,11-21H2,1-9H3,(H,77,78)/t23?,24?,27-,28-,29+,30?,31?,32+,33-,34+,35-,36+,37?,38?,39?,40?,41-,42?,43-,44-,45-,46+,47-,48-,49?,50-,51-,52+,53-,57+,58+,59+,60-,61-/m0/s1. The van der Waals surface area contributed by atoms with E-state index < -0.39 is 230 Å². The van der Waals surface area contributed by atoms with Crippen molar-refractivity contribution in [3.8, 4) is 0 Å². The molecule has 30 nitrogen and oxygen atoms in total. The summed E-state index contributed by atoms with van der Waals surface area (Å²) < 4.78 is 69.9. The van der Waals surface area contributed by atoms with Gasteiger partial charge in [-0.15, -0.1) is 0 Å². The molecule has 0 aromatic heterocycles. The first-order valence-electron chi connectivity index (χ1n) is 31.6. The van der Waals surface area contributed by atoms with Gasteiger partial charge in [-0.1, -0.05) is 46.3 Å². The largest absolute Gasteiger partial charge is 0.481 e. The fourth-order valence-electron chi connectivity index (χ4n) is 18.0. The topological polar surface area (TPSA) is 462 Å². The number of esters is 2. The van der Waals surface area contributed by atoms with Gasteiger partial charge in [0.2, 0.25) is 12.6 Å². The molecule has 10 unspecified atom stereocenters. The second-order valence-electron chi connectivity index (χ2n) is 29.0. The van der Waals surface area contributed by atoms with Gasteiger partial charge in [-0.3, -0.25) is 19.2 Å². The van der Waals surface area contributed by atoms with Crippen molar-refractivity contribution < 1.29 is 148 Å². The monoisotopic (exact) mass is 1310 g/mol. The minimum atomic E-state index is -2.02.